The fourth-order valence-corrected chi connectivity index (χ4v) is 3.95. The molecule has 1 aromatic heterocycles. The van der Waals surface area contributed by atoms with Gasteiger partial charge in [0.25, 0.3) is 0 Å². The van der Waals surface area contributed by atoms with Crippen LogP contribution in [0.25, 0.3) is 10.4 Å². The smallest absolute Gasteiger partial charge is 0.131 e. The van der Waals surface area contributed by atoms with Crippen LogP contribution in [-0.4, -0.2) is 6.54 Å². The third-order valence-electron chi connectivity index (χ3n) is 3.83. The first-order chi connectivity index (χ1) is 10.2. The molecule has 1 heterocycles. The van der Waals surface area contributed by atoms with Crippen molar-refractivity contribution in [2.45, 2.75) is 32.2 Å². The molecule has 1 atom stereocenters. The summed E-state index contributed by atoms with van der Waals surface area (Å²) in [4.78, 5) is 2.26. The fourth-order valence-electron chi connectivity index (χ4n) is 2.58. The van der Waals surface area contributed by atoms with Crippen molar-refractivity contribution in [3.8, 4) is 10.4 Å². The van der Waals surface area contributed by atoms with Gasteiger partial charge in [0.05, 0.1) is 0 Å². The summed E-state index contributed by atoms with van der Waals surface area (Å²) in [5, 5.41) is 4.20. The molecular weight excluding hydrogens is 305 g/mol. The van der Waals surface area contributed by atoms with E-state index in [0.717, 1.165) is 23.8 Å². The molecule has 1 unspecified atom stereocenters. The molecule has 1 aliphatic rings. The first-order valence-electron chi connectivity index (χ1n) is 7.47. The molecule has 1 saturated carbocycles. The first-order valence-corrected chi connectivity index (χ1v) is 8.67. The second-order valence-electron chi connectivity index (χ2n) is 5.60. The van der Waals surface area contributed by atoms with Crippen molar-refractivity contribution in [3.63, 3.8) is 0 Å². The van der Waals surface area contributed by atoms with Crippen molar-refractivity contribution < 1.29 is 4.39 Å². The highest BCUT2D eigenvalue weighted by Gasteiger charge is 2.32. The summed E-state index contributed by atoms with van der Waals surface area (Å²) < 4.78 is 14.0. The summed E-state index contributed by atoms with van der Waals surface area (Å²) in [5.74, 6) is 0.532. The van der Waals surface area contributed by atoms with E-state index in [-0.39, 0.29) is 5.82 Å². The van der Waals surface area contributed by atoms with Crippen LogP contribution in [0, 0.1) is 11.7 Å². The van der Waals surface area contributed by atoms with Gasteiger partial charge in [0.15, 0.2) is 0 Å². The van der Waals surface area contributed by atoms with Gasteiger partial charge in [-0.2, -0.15) is 0 Å². The minimum atomic E-state index is -0.211. The number of hydrogen-bond acceptors (Lipinski definition) is 2. The molecule has 0 saturated heterocycles. The minimum absolute atomic E-state index is 0.211. The van der Waals surface area contributed by atoms with Crippen LogP contribution < -0.4 is 5.32 Å². The molecule has 112 valence electrons. The third-order valence-corrected chi connectivity index (χ3v) is 5.27. The number of halogens is 2. The van der Waals surface area contributed by atoms with E-state index in [2.05, 4.69) is 18.3 Å². The third kappa shape index (κ3) is 3.47. The molecule has 0 bridgehead atoms. The summed E-state index contributed by atoms with van der Waals surface area (Å²) >= 11 is 7.67. The van der Waals surface area contributed by atoms with Crippen molar-refractivity contribution in [1.29, 1.82) is 0 Å². The summed E-state index contributed by atoms with van der Waals surface area (Å²) in [6, 6.07) is 9.29. The van der Waals surface area contributed by atoms with Gasteiger partial charge in [-0.25, -0.2) is 4.39 Å². The lowest BCUT2D eigenvalue weighted by atomic mass is 10.1. The Kier molecular flexibility index (Phi) is 4.63. The van der Waals surface area contributed by atoms with Crippen molar-refractivity contribution in [2.75, 3.05) is 6.54 Å². The minimum Gasteiger partial charge on any atom is -0.309 e. The molecule has 2 aromatic rings. The van der Waals surface area contributed by atoms with Gasteiger partial charge in [-0.1, -0.05) is 18.5 Å². The maximum atomic E-state index is 14.0. The van der Waals surface area contributed by atoms with Crippen molar-refractivity contribution >= 4 is 22.9 Å². The lowest BCUT2D eigenvalue weighted by Gasteiger charge is -2.16. The van der Waals surface area contributed by atoms with Crippen molar-refractivity contribution in [2.24, 2.45) is 5.92 Å². The van der Waals surface area contributed by atoms with Gasteiger partial charge in [0, 0.05) is 26.4 Å². The van der Waals surface area contributed by atoms with Gasteiger partial charge in [-0.15, -0.1) is 11.3 Å². The molecule has 0 amide bonds. The van der Waals surface area contributed by atoms with Gasteiger partial charge in [0.1, 0.15) is 5.82 Å². The number of nitrogens with one attached hydrogen (secondary N) is 1. The Morgan fingerprint density at radius 1 is 1.33 bits per heavy atom. The molecule has 1 nitrogen and oxygen atoms in total. The van der Waals surface area contributed by atoms with Gasteiger partial charge in [-0.05, 0) is 62.1 Å². The van der Waals surface area contributed by atoms with E-state index < -0.39 is 0 Å². The molecule has 0 aliphatic heterocycles. The summed E-state index contributed by atoms with van der Waals surface area (Å²) in [5.41, 5.74) is 0.601. The Hall–Kier alpha value is -0.900. The molecule has 0 spiro atoms. The quantitative estimate of drug-likeness (QED) is 0.723. The highest BCUT2D eigenvalue weighted by molar-refractivity contribution is 7.15. The molecule has 1 fully saturated rings. The highest BCUT2D eigenvalue weighted by Crippen LogP contribution is 2.44. The topological polar surface area (TPSA) is 12.0 Å². The average molecular weight is 324 g/mol. The van der Waals surface area contributed by atoms with Crippen LogP contribution in [-0.2, 0) is 0 Å². The standard InChI is InChI=1S/C17H19ClFNS/c1-2-9-20-17(11-3-4-11)16-8-7-15(21-16)13-10-12(18)5-6-14(13)19/h5-8,10-11,17,20H,2-4,9H2,1H3. The van der Waals surface area contributed by atoms with E-state index in [0.29, 0.717) is 16.6 Å². The number of thiophene rings is 1. The molecule has 1 aliphatic carbocycles. The summed E-state index contributed by atoms with van der Waals surface area (Å²) in [6.45, 7) is 3.21. The maximum Gasteiger partial charge on any atom is 0.131 e. The highest BCUT2D eigenvalue weighted by atomic mass is 35.5. The van der Waals surface area contributed by atoms with Crippen molar-refractivity contribution in [1.82, 2.24) is 5.32 Å². The molecule has 21 heavy (non-hydrogen) atoms. The molecule has 3 rings (SSSR count). The lowest BCUT2D eigenvalue weighted by molar-refractivity contribution is 0.488. The second kappa shape index (κ2) is 6.47. The fraction of sp³-hybridized carbons (Fsp3) is 0.412. The predicted octanol–water partition coefficient (Wildman–Crippen LogP) is 5.66. The molecule has 1 aromatic carbocycles. The van der Waals surface area contributed by atoms with Crippen molar-refractivity contribution in [3.05, 3.63) is 46.0 Å². The Morgan fingerprint density at radius 2 is 2.14 bits per heavy atom. The molecule has 1 N–H and O–H groups in total. The van der Waals surface area contributed by atoms with Crippen LogP contribution in [0.3, 0.4) is 0 Å². The Balaban J connectivity index is 1.86. The first kappa shape index (κ1) is 15.0. The average Bonchev–Trinajstić information content (AvgIpc) is 3.19. The molecule has 0 radical (unpaired) electrons. The zero-order valence-corrected chi connectivity index (χ0v) is 13.6. The van der Waals surface area contributed by atoms with Gasteiger partial charge in [0.2, 0.25) is 0 Å². The summed E-state index contributed by atoms with van der Waals surface area (Å²) in [6.07, 6.45) is 3.71. The van der Waals surface area contributed by atoms with Crippen LogP contribution in [0.1, 0.15) is 37.1 Å². The van der Waals surface area contributed by atoms with E-state index in [1.54, 1.807) is 23.5 Å². The van der Waals surface area contributed by atoms with Crippen LogP contribution in [0.2, 0.25) is 5.02 Å². The van der Waals surface area contributed by atoms with Gasteiger partial charge in [-0.3, -0.25) is 0 Å². The van der Waals surface area contributed by atoms with Gasteiger partial charge >= 0.3 is 0 Å². The van der Waals surface area contributed by atoms with E-state index in [4.69, 9.17) is 11.6 Å². The normalized spacial score (nSPS) is 16.1. The zero-order chi connectivity index (χ0) is 14.8. The predicted molar refractivity (Wildman–Crippen MR) is 88.5 cm³/mol. The number of hydrogen-bond donors (Lipinski definition) is 1. The lowest BCUT2D eigenvalue weighted by Crippen LogP contribution is -2.22. The SMILES string of the molecule is CCCNC(c1ccc(-c2cc(Cl)ccc2F)s1)C1CC1. The molecular formula is C17H19ClFNS. The number of rotatable bonds is 6. The molecule has 4 heteroatoms. The van der Waals surface area contributed by atoms with Crippen LogP contribution in [0.4, 0.5) is 4.39 Å². The van der Waals surface area contributed by atoms with Crippen LogP contribution >= 0.6 is 22.9 Å². The van der Waals surface area contributed by atoms with Crippen LogP contribution in [0.15, 0.2) is 30.3 Å². The second-order valence-corrected chi connectivity index (χ2v) is 7.15. The largest absolute Gasteiger partial charge is 0.309 e. The Morgan fingerprint density at radius 3 is 2.86 bits per heavy atom. The Labute approximate surface area is 134 Å². The zero-order valence-electron chi connectivity index (χ0n) is 12.0. The monoisotopic (exact) mass is 323 g/mol. The van der Waals surface area contributed by atoms with Gasteiger partial charge < -0.3 is 5.32 Å². The summed E-state index contributed by atoms with van der Waals surface area (Å²) in [7, 11) is 0. The van der Waals surface area contributed by atoms with E-state index in [1.165, 1.54) is 23.8 Å². The maximum absolute atomic E-state index is 14.0. The van der Waals surface area contributed by atoms with E-state index in [1.807, 2.05) is 6.07 Å². The van der Waals surface area contributed by atoms with Crippen LogP contribution in [0.5, 0.6) is 0 Å². The number of benzene rings is 1. The van der Waals surface area contributed by atoms with E-state index >= 15 is 0 Å². The Bertz CT molecular complexity index is 621. The van der Waals surface area contributed by atoms with E-state index in [9.17, 15) is 4.39 Å².